The molecule has 0 unspecified atom stereocenters. The van der Waals surface area contributed by atoms with Crippen LogP contribution < -0.4 is 20.9 Å². The summed E-state index contributed by atoms with van der Waals surface area (Å²) in [7, 11) is 0. The van der Waals surface area contributed by atoms with Crippen LogP contribution in [0.25, 0.3) is 0 Å². The lowest BCUT2D eigenvalue weighted by molar-refractivity contribution is 0.237. The number of nitrogen functional groups attached to an aromatic ring is 1. The molecule has 30 heavy (non-hydrogen) atoms. The number of nitrogens with zero attached hydrogens (tertiary/aromatic N) is 6. The fourth-order valence-corrected chi connectivity index (χ4v) is 4.54. The zero-order valence-corrected chi connectivity index (χ0v) is 17.9. The first-order valence-electron chi connectivity index (χ1n) is 10.9. The Labute approximate surface area is 177 Å². The molecule has 0 radical (unpaired) electrons. The zero-order chi connectivity index (χ0) is 21.0. The van der Waals surface area contributed by atoms with Gasteiger partial charge in [-0.25, -0.2) is 9.11 Å². The van der Waals surface area contributed by atoms with Crippen LogP contribution in [0.4, 0.5) is 17.2 Å². The lowest BCUT2D eigenvalue weighted by Crippen LogP contribution is -2.53. The van der Waals surface area contributed by atoms with Crippen LogP contribution in [0.15, 0.2) is 22.0 Å². The molecule has 4 N–H and O–H groups in total. The summed E-state index contributed by atoms with van der Waals surface area (Å²) < 4.78 is 5.42. The molecule has 0 saturated carbocycles. The minimum absolute atomic E-state index is 0.270. The molecule has 1 saturated heterocycles. The molecule has 1 fully saturated rings. The fraction of sp³-hybridized carbons (Fsp3) is 0.600. The first-order chi connectivity index (χ1) is 14.7. The van der Waals surface area contributed by atoms with Crippen molar-refractivity contribution >= 4 is 23.0 Å². The predicted octanol–water partition coefficient (Wildman–Crippen LogP) is 0.871. The summed E-state index contributed by atoms with van der Waals surface area (Å²) in [5.41, 5.74) is 9.72. The van der Waals surface area contributed by atoms with E-state index in [9.17, 15) is 0 Å². The quantitative estimate of drug-likeness (QED) is 0.409. The van der Waals surface area contributed by atoms with Crippen LogP contribution in [-0.2, 0) is 6.54 Å². The van der Waals surface area contributed by atoms with Gasteiger partial charge in [0, 0.05) is 44.5 Å². The number of piperazine rings is 1. The predicted molar refractivity (Wildman–Crippen MR) is 118 cm³/mol. The van der Waals surface area contributed by atoms with Gasteiger partial charge >= 0.3 is 0 Å². The number of hydrogen-bond acceptors (Lipinski definition) is 9. The summed E-state index contributed by atoms with van der Waals surface area (Å²) in [6.07, 6.45) is 4.90. The molecule has 0 bridgehead atoms. The number of aromatic nitrogens is 3. The Kier molecular flexibility index (Phi) is 6.38. The van der Waals surface area contributed by atoms with Crippen molar-refractivity contribution in [1.29, 1.82) is 0 Å². The van der Waals surface area contributed by atoms with Gasteiger partial charge in [0.1, 0.15) is 5.69 Å². The average molecular weight is 415 g/mol. The third-order valence-corrected chi connectivity index (χ3v) is 6.19. The molecule has 162 valence electrons. The van der Waals surface area contributed by atoms with Gasteiger partial charge in [-0.15, -0.1) is 0 Å². The van der Waals surface area contributed by atoms with Gasteiger partial charge in [0.05, 0.1) is 19.3 Å². The number of quaternary nitrogens is 1. The maximum absolute atomic E-state index is 6.00. The molecule has 2 aliphatic rings. The molecular weight excluding hydrogens is 382 g/mol. The molecule has 4 rings (SSSR count). The van der Waals surface area contributed by atoms with Crippen molar-refractivity contribution in [3.05, 3.63) is 23.7 Å². The maximum Gasteiger partial charge on any atom is 0.267 e. The van der Waals surface area contributed by atoms with Crippen LogP contribution in [-0.4, -0.2) is 78.4 Å². The first kappa shape index (κ1) is 20.9. The van der Waals surface area contributed by atoms with E-state index in [0.29, 0.717) is 10.2 Å². The monoisotopic (exact) mass is 414 g/mol. The van der Waals surface area contributed by atoms with Crippen molar-refractivity contribution < 1.29 is 4.63 Å². The minimum Gasteiger partial charge on any atom is -0.379 e. The number of pyridine rings is 1. The Balaban J connectivity index is 1.47. The van der Waals surface area contributed by atoms with E-state index in [1.807, 2.05) is 12.4 Å². The Morgan fingerprint density at radius 2 is 2.00 bits per heavy atom. The third kappa shape index (κ3) is 3.83. The summed E-state index contributed by atoms with van der Waals surface area (Å²) in [4.78, 5) is 11.8. The van der Waals surface area contributed by atoms with E-state index in [2.05, 4.69) is 44.7 Å². The molecular formula is C20H32N9O+. The highest BCUT2D eigenvalue weighted by Crippen LogP contribution is 2.44. The van der Waals surface area contributed by atoms with E-state index in [1.165, 1.54) is 5.69 Å². The number of rotatable bonds is 9. The molecule has 0 spiro atoms. The lowest BCUT2D eigenvalue weighted by atomic mass is 10.1. The molecule has 4 heterocycles. The van der Waals surface area contributed by atoms with Crippen LogP contribution in [0.3, 0.4) is 0 Å². The molecule has 2 aromatic heterocycles. The number of nitrogens with two attached hydrogens (primary N) is 1. The molecule has 10 heteroatoms. The zero-order valence-electron chi connectivity index (χ0n) is 17.9. The number of fused-ring (bicyclic) bond motifs is 1. The van der Waals surface area contributed by atoms with Crippen LogP contribution in [0.5, 0.6) is 0 Å². The van der Waals surface area contributed by atoms with Gasteiger partial charge in [-0.2, -0.15) is 4.99 Å². The van der Waals surface area contributed by atoms with Gasteiger partial charge in [0.15, 0.2) is 5.69 Å². The third-order valence-electron chi connectivity index (χ3n) is 6.19. The topological polar surface area (TPSA) is 117 Å². The minimum atomic E-state index is 0.270. The molecule has 2 aliphatic heterocycles. The van der Waals surface area contributed by atoms with Gasteiger partial charge < -0.3 is 21.3 Å². The number of anilines is 1. The Bertz CT molecular complexity index is 884. The van der Waals surface area contributed by atoms with Crippen molar-refractivity contribution in [1.82, 2.24) is 35.3 Å². The number of hydrogen-bond donors (Lipinski definition) is 3. The van der Waals surface area contributed by atoms with Gasteiger partial charge in [0.2, 0.25) is 11.5 Å². The molecule has 10 nitrogen and oxygen atoms in total. The summed E-state index contributed by atoms with van der Waals surface area (Å²) in [5, 5.41) is 14.8. The summed E-state index contributed by atoms with van der Waals surface area (Å²) >= 11 is 0. The summed E-state index contributed by atoms with van der Waals surface area (Å²) in [6.45, 7) is 13.3. The second-order valence-corrected chi connectivity index (χ2v) is 7.82. The van der Waals surface area contributed by atoms with E-state index < -0.39 is 0 Å². The number of nitrogens with one attached hydrogen (secondary N) is 2. The summed E-state index contributed by atoms with van der Waals surface area (Å²) in [6, 6.07) is 0. The van der Waals surface area contributed by atoms with E-state index in [4.69, 9.17) is 15.4 Å². The number of amidine groups is 1. The fourth-order valence-electron chi connectivity index (χ4n) is 4.54. The normalized spacial score (nSPS) is 18.4. The standard InChI is InChI=1S/C20H32N9O/c1-3-29(4-2)18-15(12-23-6-5-9-28-10-7-22-8-11-28)13-24-14-16(18)25-20(29)17-19(21)27-30-26-17/h13-14,22-23H,3-12H2,1-2H3,(H2,21,27)/q+1. The number of aliphatic imine (C=N–C) groups is 1. The Morgan fingerprint density at radius 1 is 1.20 bits per heavy atom. The van der Waals surface area contributed by atoms with Crippen LogP contribution in [0.2, 0.25) is 0 Å². The van der Waals surface area contributed by atoms with Crippen LogP contribution >= 0.6 is 0 Å². The Hall–Kier alpha value is -2.40. The van der Waals surface area contributed by atoms with E-state index in [0.717, 1.165) is 82.4 Å². The van der Waals surface area contributed by atoms with E-state index in [1.54, 1.807) is 0 Å². The molecule has 0 atom stereocenters. The Morgan fingerprint density at radius 3 is 2.70 bits per heavy atom. The highest BCUT2D eigenvalue weighted by atomic mass is 16.6. The molecule has 0 amide bonds. The second-order valence-electron chi connectivity index (χ2n) is 7.82. The molecule has 0 aromatic carbocycles. The van der Waals surface area contributed by atoms with Crippen molar-refractivity contribution in [3.63, 3.8) is 0 Å². The van der Waals surface area contributed by atoms with E-state index in [-0.39, 0.29) is 5.82 Å². The lowest BCUT2D eigenvalue weighted by Gasteiger charge is -2.33. The van der Waals surface area contributed by atoms with Crippen LogP contribution in [0.1, 0.15) is 31.5 Å². The largest absolute Gasteiger partial charge is 0.379 e. The van der Waals surface area contributed by atoms with Gasteiger partial charge in [-0.1, -0.05) is 0 Å². The first-order valence-corrected chi connectivity index (χ1v) is 10.9. The van der Waals surface area contributed by atoms with Crippen molar-refractivity contribution in [2.75, 3.05) is 58.1 Å². The molecule has 0 aliphatic carbocycles. The second kappa shape index (κ2) is 9.17. The molecule has 2 aromatic rings. The highest BCUT2D eigenvalue weighted by molar-refractivity contribution is 6.13. The summed E-state index contributed by atoms with van der Waals surface area (Å²) in [5.74, 6) is 1.05. The van der Waals surface area contributed by atoms with Crippen LogP contribution in [0, 0.1) is 0 Å². The van der Waals surface area contributed by atoms with Crippen molar-refractivity contribution in [2.45, 2.75) is 26.8 Å². The van der Waals surface area contributed by atoms with Gasteiger partial charge in [0.25, 0.3) is 5.84 Å². The highest BCUT2D eigenvalue weighted by Gasteiger charge is 2.46. The maximum atomic E-state index is 6.00. The van der Waals surface area contributed by atoms with Gasteiger partial charge in [-0.05, 0) is 43.7 Å². The average Bonchev–Trinajstić information content (AvgIpc) is 3.35. The van der Waals surface area contributed by atoms with Crippen molar-refractivity contribution in [2.24, 2.45) is 4.99 Å². The van der Waals surface area contributed by atoms with Crippen molar-refractivity contribution in [3.8, 4) is 0 Å². The van der Waals surface area contributed by atoms with E-state index >= 15 is 0 Å². The smallest absolute Gasteiger partial charge is 0.267 e. The SMILES string of the molecule is CC[N+]1(CC)C(c2nonc2N)=Nc2cncc(CNCCCN3CCNCC3)c21. The van der Waals surface area contributed by atoms with Gasteiger partial charge in [-0.3, -0.25) is 4.98 Å².